The molecule has 1 aromatic carbocycles. The van der Waals surface area contributed by atoms with Crippen LogP contribution in [-0.2, 0) is 9.53 Å². The first-order valence-electron chi connectivity index (χ1n) is 7.51. The van der Waals surface area contributed by atoms with E-state index in [0.717, 1.165) is 22.2 Å². The fraction of sp³-hybridized carbons (Fsp3) is 0.412. The van der Waals surface area contributed by atoms with Crippen molar-refractivity contribution in [1.82, 2.24) is 10.3 Å². The number of amides is 1. The SMILES string of the molecule is CC(C)OCCCNC(=O)CSc1cccc2cccnc12. The summed E-state index contributed by atoms with van der Waals surface area (Å²) in [6.45, 7) is 5.35. The van der Waals surface area contributed by atoms with E-state index in [1.54, 1.807) is 6.20 Å². The quantitative estimate of drug-likeness (QED) is 0.599. The number of fused-ring (bicyclic) bond motifs is 1. The maximum atomic E-state index is 11.9. The van der Waals surface area contributed by atoms with Gasteiger partial charge in [-0.05, 0) is 32.4 Å². The number of benzene rings is 1. The van der Waals surface area contributed by atoms with Gasteiger partial charge in [0.2, 0.25) is 5.91 Å². The Labute approximate surface area is 135 Å². The van der Waals surface area contributed by atoms with Crippen molar-refractivity contribution < 1.29 is 9.53 Å². The number of carbonyl (C=O) groups is 1. The highest BCUT2D eigenvalue weighted by Crippen LogP contribution is 2.25. The molecule has 1 heterocycles. The van der Waals surface area contributed by atoms with Crippen LogP contribution in [-0.4, -0.2) is 35.9 Å². The van der Waals surface area contributed by atoms with Crippen molar-refractivity contribution in [2.24, 2.45) is 0 Å². The average molecular weight is 318 g/mol. The van der Waals surface area contributed by atoms with Crippen molar-refractivity contribution in [3.8, 4) is 0 Å². The third-order valence-electron chi connectivity index (χ3n) is 3.05. The molecule has 0 aliphatic carbocycles. The lowest BCUT2D eigenvalue weighted by atomic mass is 10.2. The lowest BCUT2D eigenvalue weighted by Crippen LogP contribution is -2.27. The second-order valence-corrected chi connectivity index (χ2v) is 6.26. The molecule has 118 valence electrons. The zero-order chi connectivity index (χ0) is 15.8. The van der Waals surface area contributed by atoms with Gasteiger partial charge in [-0.2, -0.15) is 0 Å². The van der Waals surface area contributed by atoms with Gasteiger partial charge < -0.3 is 10.1 Å². The molecule has 0 radical (unpaired) electrons. The zero-order valence-corrected chi connectivity index (χ0v) is 13.9. The first-order chi connectivity index (χ1) is 10.7. The first kappa shape index (κ1) is 16.8. The number of ether oxygens (including phenoxy) is 1. The molecule has 2 aromatic rings. The van der Waals surface area contributed by atoms with E-state index in [1.807, 2.05) is 44.2 Å². The van der Waals surface area contributed by atoms with Gasteiger partial charge in [-0.25, -0.2) is 0 Å². The summed E-state index contributed by atoms with van der Waals surface area (Å²) in [5.74, 6) is 0.447. The molecular formula is C17H22N2O2S. The van der Waals surface area contributed by atoms with Gasteiger partial charge >= 0.3 is 0 Å². The van der Waals surface area contributed by atoms with Crippen LogP contribution < -0.4 is 5.32 Å². The highest BCUT2D eigenvalue weighted by atomic mass is 32.2. The van der Waals surface area contributed by atoms with Gasteiger partial charge in [0.05, 0.1) is 17.4 Å². The number of carbonyl (C=O) groups excluding carboxylic acids is 1. The largest absolute Gasteiger partial charge is 0.379 e. The Morgan fingerprint density at radius 1 is 1.32 bits per heavy atom. The van der Waals surface area contributed by atoms with Crippen molar-refractivity contribution in [2.45, 2.75) is 31.3 Å². The zero-order valence-electron chi connectivity index (χ0n) is 13.0. The van der Waals surface area contributed by atoms with Gasteiger partial charge in [0, 0.05) is 29.6 Å². The van der Waals surface area contributed by atoms with E-state index in [9.17, 15) is 4.79 Å². The van der Waals surface area contributed by atoms with Gasteiger partial charge in [-0.1, -0.05) is 18.2 Å². The Hall–Kier alpha value is -1.59. The third-order valence-corrected chi connectivity index (χ3v) is 4.10. The maximum absolute atomic E-state index is 11.9. The molecule has 22 heavy (non-hydrogen) atoms. The van der Waals surface area contributed by atoms with E-state index in [0.29, 0.717) is 18.9 Å². The first-order valence-corrected chi connectivity index (χ1v) is 8.50. The summed E-state index contributed by atoms with van der Waals surface area (Å²) >= 11 is 1.52. The minimum atomic E-state index is 0.0440. The van der Waals surface area contributed by atoms with Crippen molar-refractivity contribution in [1.29, 1.82) is 0 Å². The predicted molar refractivity (Wildman–Crippen MR) is 91.2 cm³/mol. The topological polar surface area (TPSA) is 51.2 Å². The number of nitrogens with zero attached hydrogens (tertiary/aromatic N) is 1. The molecule has 0 bridgehead atoms. The maximum Gasteiger partial charge on any atom is 0.230 e. The number of hydrogen-bond donors (Lipinski definition) is 1. The van der Waals surface area contributed by atoms with Crippen LogP contribution in [0.5, 0.6) is 0 Å². The van der Waals surface area contributed by atoms with Gasteiger partial charge in [0.25, 0.3) is 0 Å². The Morgan fingerprint density at radius 2 is 2.14 bits per heavy atom. The normalized spacial score (nSPS) is 11.0. The van der Waals surface area contributed by atoms with E-state index in [1.165, 1.54) is 11.8 Å². The summed E-state index contributed by atoms with van der Waals surface area (Å²) in [5.41, 5.74) is 0.952. The molecule has 0 spiro atoms. The smallest absolute Gasteiger partial charge is 0.230 e. The molecule has 5 heteroatoms. The predicted octanol–water partition coefficient (Wildman–Crippen LogP) is 3.26. The number of nitrogens with one attached hydrogen (secondary N) is 1. The van der Waals surface area contributed by atoms with E-state index in [-0.39, 0.29) is 12.0 Å². The Balaban J connectivity index is 1.76. The molecule has 0 fully saturated rings. The number of aromatic nitrogens is 1. The highest BCUT2D eigenvalue weighted by molar-refractivity contribution is 8.00. The van der Waals surface area contributed by atoms with Crippen LogP contribution in [0.1, 0.15) is 20.3 Å². The third kappa shape index (κ3) is 5.31. The van der Waals surface area contributed by atoms with Crippen molar-refractivity contribution in [3.63, 3.8) is 0 Å². The fourth-order valence-electron chi connectivity index (χ4n) is 2.01. The van der Waals surface area contributed by atoms with E-state index in [4.69, 9.17) is 4.74 Å². The lowest BCUT2D eigenvalue weighted by molar-refractivity contribution is -0.118. The summed E-state index contributed by atoms with van der Waals surface area (Å²) in [6, 6.07) is 9.97. The molecule has 0 aliphatic rings. The second kappa shape index (κ2) is 8.76. The fourth-order valence-corrected chi connectivity index (χ4v) is 2.88. The van der Waals surface area contributed by atoms with Crippen LogP contribution in [0.2, 0.25) is 0 Å². The van der Waals surface area contributed by atoms with Crippen molar-refractivity contribution in [2.75, 3.05) is 18.9 Å². The van der Waals surface area contributed by atoms with E-state index < -0.39 is 0 Å². The van der Waals surface area contributed by atoms with Crippen LogP contribution in [0.3, 0.4) is 0 Å². The average Bonchev–Trinajstić information content (AvgIpc) is 2.52. The number of thioether (sulfide) groups is 1. The summed E-state index contributed by atoms with van der Waals surface area (Å²) in [6.07, 6.45) is 2.86. The second-order valence-electron chi connectivity index (χ2n) is 5.24. The van der Waals surface area contributed by atoms with Crippen molar-refractivity contribution >= 4 is 28.6 Å². The summed E-state index contributed by atoms with van der Waals surface area (Å²) in [5, 5.41) is 4.01. The molecule has 2 rings (SSSR count). The summed E-state index contributed by atoms with van der Waals surface area (Å²) in [7, 11) is 0. The van der Waals surface area contributed by atoms with Gasteiger partial charge in [-0.3, -0.25) is 9.78 Å². The minimum absolute atomic E-state index is 0.0440. The molecule has 0 saturated heterocycles. The Bertz CT molecular complexity index is 611. The van der Waals surface area contributed by atoms with Crippen molar-refractivity contribution in [3.05, 3.63) is 36.5 Å². The van der Waals surface area contributed by atoms with Crippen LogP contribution in [0.15, 0.2) is 41.4 Å². The minimum Gasteiger partial charge on any atom is -0.379 e. The lowest BCUT2D eigenvalue weighted by Gasteiger charge is -2.08. The van der Waals surface area contributed by atoms with Crippen LogP contribution in [0.4, 0.5) is 0 Å². The number of pyridine rings is 1. The molecule has 0 aliphatic heterocycles. The molecule has 1 N–H and O–H groups in total. The molecule has 0 atom stereocenters. The van der Waals surface area contributed by atoms with Crippen LogP contribution in [0, 0.1) is 0 Å². The van der Waals surface area contributed by atoms with E-state index in [2.05, 4.69) is 10.3 Å². The van der Waals surface area contributed by atoms with Gasteiger partial charge in [-0.15, -0.1) is 11.8 Å². The molecular weight excluding hydrogens is 296 g/mol. The number of hydrogen-bond acceptors (Lipinski definition) is 4. The monoisotopic (exact) mass is 318 g/mol. The van der Waals surface area contributed by atoms with Gasteiger partial charge in [0.1, 0.15) is 0 Å². The molecule has 0 saturated carbocycles. The Kier molecular flexibility index (Phi) is 6.68. The molecule has 1 aromatic heterocycles. The summed E-state index contributed by atoms with van der Waals surface area (Å²) < 4.78 is 5.44. The molecule has 1 amide bonds. The number of para-hydroxylation sites is 1. The molecule has 0 unspecified atom stereocenters. The highest BCUT2D eigenvalue weighted by Gasteiger charge is 2.06. The van der Waals surface area contributed by atoms with E-state index >= 15 is 0 Å². The van der Waals surface area contributed by atoms with Crippen LogP contribution in [0.25, 0.3) is 10.9 Å². The van der Waals surface area contributed by atoms with Crippen LogP contribution >= 0.6 is 11.8 Å². The summed E-state index contributed by atoms with van der Waals surface area (Å²) in [4.78, 5) is 17.3. The van der Waals surface area contributed by atoms with Gasteiger partial charge in [0.15, 0.2) is 0 Å². The Morgan fingerprint density at radius 3 is 2.95 bits per heavy atom. The molecule has 4 nitrogen and oxygen atoms in total. The number of rotatable bonds is 8. The standard InChI is InChI=1S/C17H22N2O2S/c1-13(2)21-11-5-10-18-16(20)12-22-15-8-3-6-14-7-4-9-19-17(14)15/h3-4,6-9,13H,5,10-12H2,1-2H3,(H,18,20).